The van der Waals surface area contributed by atoms with Crippen LogP contribution in [-0.2, 0) is 11.2 Å². The summed E-state index contributed by atoms with van der Waals surface area (Å²) in [5, 5.41) is 10.9. The van der Waals surface area contributed by atoms with Gasteiger partial charge in [-0.25, -0.2) is 4.39 Å². The highest BCUT2D eigenvalue weighted by Gasteiger charge is 2.07. The lowest BCUT2D eigenvalue weighted by atomic mass is 10.1. The molecule has 138 valence electrons. The maximum absolute atomic E-state index is 13.5. The molecular weight excluding hydrogens is 345 g/mol. The summed E-state index contributed by atoms with van der Waals surface area (Å²) in [6.07, 6.45) is -0.00226. The minimum absolute atomic E-state index is 0.00226. The van der Waals surface area contributed by atoms with Crippen LogP contribution in [-0.4, -0.2) is 29.3 Å². The molecule has 1 aromatic heterocycles. The summed E-state index contributed by atoms with van der Waals surface area (Å²) < 4.78 is 19.0. The molecule has 6 heteroatoms. The highest BCUT2D eigenvalue weighted by atomic mass is 19.1. The number of halogens is 1. The van der Waals surface area contributed by atoms with Gasteiger partial charge in [-0.15, -0.1) is 10.2 Å². The van der Waals surface area contributed by atoms with Crippen molar-refractivity contribution >= 4 is 5.91 Å². The Kier molecular flexibility index (Phi) is 6.10. The van der Waals surface area contributed by atoms with Gasteiger partial charge in [0.15, 0.2) is 0 Å². The predicted molar refractivity (Wildman–Crippen MR) is 101 cm³/mol. The molecule has 2 aromatic carbocycles. The van der Waals surface area contributed by atoms with E-state index in [0.29, 0.717) is 18.0 Å². The van der Waals surface area contributed by atoms with Gasteiger partial charge in [-0.05, 0) is 24.6 Å². The van der Waals surface area contributed by atoms with Crippen LogP contribution >= 0.6 is 0 Å². The fourth-order valence-corrected chi connectivity index (χ4v) is 2.50. The summed E-state index contributed by atoms with van der Waals surface area (Å²) in [5.41, 5.74) is 3.30. The molecule has 0 aliphatic heterocycles. The van der Waals surface area contributed by atoms with Crippen LogP contribution in [0.1, 0.15) is 11.1 Å². The summed E-state index contributed by atoms with van der Waals surface area (Å²) in [5.74, 6) is -0.258. The van der Waals surface area contributed by atoms with Crippen molar-refractivity contribution in [3.8, 4) is 17.1 Å². The van der Waals surface area contributed by atoms with Crippen LogP contribution in [0.25, 0.3) is 11.3 Å². The van der Waals surface area contributed by atoms with E-state index in [0.717, 1.165) is 11.3 Å². The number of carbonyl (C=O) groups is 1. The zero-order valence-corrected chi connectivity index (χ0v) is 15.0. The largest absolute Gasteiger partial charge is 0.475 e. The Morgan fingerprint density at radius 2 is 1.81 bits per heavy atom. The number of aromatic nitrogens is 2. The van der Waals surface area contributed by atoms with Crippen molar-refractivity contribution in [3.05, 3.63) is 77.6 Å². The number of nitrogens with one attached hydrogen (secondary N) is 1. The van der Waals surface area contributed by atoms with Crippen LogP contribution < -0.4 is 10.1 Å². The maximum atomic E-state index is 13.5. The lowest BCUT2D eigenvalue weighted by molar-refractivity contribution is -0.120. The smallest absolute Gasteiger partial charge is 0.233 e. The van der Waals surface area contributed by atoms with Gasteiger partial charge in [-0.1, -0.05) is 48.0 Å². The first-order valence-electron chi connectivity index (χ1n) is 8.65. The summed E-state index contributed by atoms with van der Waals surface area (Å²) >= 11 is 0. The van der Waals surface area contributed by atoms with Gasteiger partial charge in [-0.3, -0.25) is 4.79 Å². The number of carbonyl (C=O) groups excluding carboxylic acids is 1. The Morgan fingerprint density at radius 3 is 2.52 bits per heavy atom. The molecule has 27 heavy (non-hydrogen) atoms. The number of ether oxygens (including phenoxy) is 1. The van der Waals surface area contributed by atoms with Crippen molar-refractivity contribution in [2.45, 2.75) is 13.3 Å². The van der Waals surface area contributed by atoms with E-state index in [1.54, 1.807) is 24.3 Å². The predicted octanol–water partition coefficient (Wildman–Crippen LogP) is 3.33. The minimum atomic E-state index is -0.382. The van der Waals surface area contributed by atoms with Crippen LogP contribution in [0.5, 0.6) is 5.88 Å². The number of nitrogens with zero attached hydrogens (tertiary/aromatic N) is 2. The Hall–Kier alpha value is -3.28. The second kappa shape index (κ2) is 8.89. The molecule has 0 saturated carbocycles. The molecule has 1 N–H and O–H groups in total. The normalized spacial score (nSPS) is 10.4. The lowest BCUT2D eigenvalue weighted by Crippen LogP contribution is -2.29. The molecule has 0 fully saturated rings. The average molecular weight is 365 g/mol. The van der Waals surface area contributed by atoms with E-state index in [4.69, 9.17) is 4.74 Å². The van der Waals surface area contributed by atoms with Crippen molar-refractivity contribution in [3.63, 3.8) is 0 Å². The molecule has 0 radical (unpaired) electrons. The number of amides is 1. The third-order valence-corrected chi connectivity index (χ3v) is 3.97. The van der Waals surface area contributed by atoms with Crippen LogP contribution in [0.3, 0.4) is 0 Å². The first-order valence-corrected chi connectivity index (χ1v) is 8.65. The average Bonchev–Trinajstić information content (AvgIpc) is 2.68. The standard InChI is InChI=1S/C21H20FN3O2/c1-15-6-8-16(9-7-15)19-10-11-21(25-24-19)27-13-12-23-20(26)14-17-4-2-3-5-18(17)22/h2-11H,12-14H2,1H3,(H,23,26). The van der Waals surface area contributed by atoms with Gasteiger partial charge in [0, 0.05) is 11.6 Å². The Labute approximate surface area is 157 Å². The highest BCUT2D eigenvalue weighted by Crippen LogP contribution is 2.18. The van der Waals surface area contributed by atoms with Crippen molar-refractivity contribution in [1.82, 2.24) is 15.5 Å². The maximum Gasteiger partial charge on any atom is 0.233 e. The van der Waals surface area contributed by atoms with E-state index >= 15 is 0 Å². The van der Waals surface area contributed by atoms with Gasteiger partial charge in [0.2, 0.25) is 11.8 Å². The Morgan fingerprint density at radius 1 is 1.04 bits per heavy atom. The number of hydrogen-bond acceptors (Lipinski definition) is 4. The summed E-state index contributed by atoms with van der Waals surface area (Å²) in [7, 11) is 0. The molecule has 5 nitrogen and oxygen atoms in total. The molecule has 0 atom stereocenters. The van der Waals surface area contributed by atoms with E-state index in [1.165, 1.54) is 11.6 Å². The van der Waals surface area contributed by atoms with E-state index < -0.39 is 0 Å². The fraction of sp³-hybridized carbons (Fsp3) is 0.190. The van der Waals surface area contributed by atoms with E-state index in [9.17, 15) is 9.18 Å². The molecule has 0 aliphatic carbocycles. The van der Waals surface area contributed by atoms with Crippen molar-refractivity contribution < 1.29 is 13.9 Å². The van der Waals surface area contributed by atoms with Gasteiger partial charge >= 0.3 is 0 Å². The van der Waals surface area contributed by atoms with Crippen molar-refractivity contribution in [1.29, 1.82) is 0 Å². The molecule has 3 rings (SSSR count). The summed E-state index contributed by atoms with van der Waals surface area (Å²) in [6.45, 7) is 2.58. The first-order chi connectivity index (χ1) is 13.1. The third-order valence-electron chi connectivity index (χ3n) is 3.97. The molecule has 0 aliphatic rings. The zero-order chi connectivity index (χ0) is 19.1. The molecule has 1 heterocycles. The Bertz CT molecular complexity index is 896. The second-order valence-corrected chi connectivity index (χ2v) is 6.09. The molecule has 0 saturated heterocycles. The van der Waals surface area contributed by atoms with Crippen LogP contribution in [0.15, 0.2) is 60.7 Å². The summed E-state index contributed by atoms with van der Waals surface area (Å²) in [4.78, 5) is 11.8. The van der Waals surface area contributed by atoms with Crippen LogP contribution in [0.4, 0.5) is 4.39 Å². The van der Waals surface area contributed by atoms with E-state index in [2.05, 4.69) is 15.5 Å². The van der Waals surface area contributed by atoms with Crippen LogP contribution in [0, 0.1) is 12.7 Å². The monoisotopic (exact) mass is 365 g/mol. The van der Waals surface area contributed by atoms with Crippen molar-refractivity contribution in [2.75, 3.05) is 13.2 Å². The van der Waals surface area contributed by atoms with Gasteiger partial charge in [0.25, 0.3) is 0 Å². The number of aryl methyl sites for hydroxylation is 1. The summed E-state index contributed by atoms with van der Waals surface area (Å²) in [6, 6.07) is 17.8. The van der Waals surface area contributed by atoms with Gasteiger partial charge in [-0.2, -0.15) is 0 Å². The van der Waals surface area contributed by atoms with Gasteiger partial charge in [0.05, 0.1) is 18.7 Å². The fourth-order valence-electron chi connectivity index (χ4n) is 2.50. The number of hydrogen-bond donors (Lipinski definition) is 1. The van der Waals surface area contributed by atoms with Gasteiger partial charge < -0.3 is 10.1 Å². The van der Waals surface area contributed by atoms with Crippen molar-refractivity contribution in [2.24, 2.45) is 0 Å². The van der Waals surface area contributed by atoms with Gasteiger partial charge in [0.1, 0.15) is 12.4 Å². The molecule has 0 bridgehead atoms. The molecule has 0 spiro atoms. The quantitative estimate of drug-likeness (QED) is 0.653. The number of benzene rings is 2. The van der Waals surface area contributed by atoms with E-state index in [1.807, 2.05) is 37.3 Å². The Balaban J connectivity index is 1.43. The zero-order valence-electron chi connectivity index (χ0n) is 15.0. The molecule has 1 amide bonds. The lowest BCUT2D eigenvalue weighted by Gasteiger charge is -2.08. The molecular formula is C21H20FN3O2. The third kappa shape index (κ3) is 5.34. The molecule has 3 aromatic rings. The number of rotatable bonds is 7. The molecule has 0 unspecified atom stereocenters. The van der Waals surface area contributed by atoms with Crippen LogP contribution in [0.2, 0.25) is 0 Å². The second-order valence-electron chi connectivity index (χ2n) is 6.09. The first kappa shape index (κ1) is 18.5. The minimum Gasteiger partial charge on any atom is -0.475 e. The SMILES string of the molecule is Cc1ccc(-c2ccc(OCCNC(=O)Cc3ccccc3F)nn2)cc1. The topological polar surface area (TPSA) is 64.1 Å². The highest BCUT2D eigenvalue weighted by molar-refractivity contribution is 5.78. The van der Waals surface area contributed by atoms with E-state index in [-0.39, 0.29) is 24.8 Å².